The summed E-state index contributed by atoms with van der Waals surface area (Å²) in [6.07, 6.45) is -16.1. The molecule has 202 valence electrons. The molecule has 0 amide bonds. The SMILES string of the molecule is CC(F)/C(F)=C1/c2c3c(cc(C#N)c2C(F)(F)F)-c2cc(C#N)c(C(F)(F)F)cc2C3C(C#N)C1C(F)CF. The van der Waals surface area contributed by atoms with Gasteiger partial charge in [-0.3, -0.25) is 0 Å². The Morgan fingerprint density at radius 3 is 1.97 bits per heavy atom. The first-order valence-corrected chi connectivity index (χ1v) is 11.1. The normalized spacial score (nSPS) is 22.6. The Hall–Kier alpha value is -4.05. The summed E-state index contributed by atoms with van der Waals surface area (Å²) >= 11 is 0. The van der Waals surface area contributed by atoms with Crippen molar-refractivity contribution < 1.29 is 43.9 Å². The molecule has 4 rings (SSSR count). The molecule has 0 saturated carbocycles. The van der Waals surface area contributed by atoms with E-state index in [0.29, 0.717) is 25.1 Å². The van der Waals surface area contributed by atoms with Gasteiger partial charge in [0.05, 0.1) is 46.4 Å². The number of allylic oxidation sites excluding steroid dienone is 2. The molecule has 2 aromatic carbocycles. The highest BCUT2D eigenvalue weighted by atomic mass is 19.4. The summed E-state index contributed by atoms with van der Waals surface area (Å²) in [5.41, 5.74) is -9.61. The third kappa shape index (κ3) is 4.10. The van der Waals surface area contributed by atoms with Gasteiger partial charge < -0.3 is 0 Å². The van der Waals surface area contributed by atoms with Gasteiger partial charge >= 0.3 is 12.4 Å². The first kappa shape index (κ1) is 28.0. The summed E-state index contributed by atoms with van der Waals surface area (Å²) < 4.78 is 143. The first-order chi connectivity index (χ1) is 18.1. The molecule has 0 saturated heterocycles. The van der Waals surface area contributed by atoms with Crippen molar-refractivity contribution in [2.75, 3.05) is 6.67 Å². The largest absolute Gasteiger partial charge is 0.418 e. The number of hydrogen-bond donors (Lipinski definition) is 0. The van der Waals surface area contributed by atoms with Gasteiger partial charge in [0.25, 0.3) is 0 Å². The molecular weight excluding hydrogens is 544 g/mol. The molecule has 0 heterocycles. The molecule has 39 heavy (non-hydrogen) atoms. The van der Waals surface area contributed by atoms with Gasteiger partial charge in [-0.25, -0.2) is 17.6 Å². The maximum absolute atomic E-state index is 15.4. The lowest BCUT2D eigenvalue weighted by Gasteiger charge is -2.39. The molecule has 13 heteroatoms. The Labute approximate surface area is 214 Å². The van der Waals surface area contributed by atoms with Crippen LogP contribution >= 0.6 is 0 Å². The van der Waals surface area contributed by atoms with Crippen molar-refractivity contribution in [3.63, 3.8) is 0 Å². The quantitative estimate of drug-likeness (QED) is 0.363. The van der Waals surface area contributed by atoms with Crippen molar-refractivity contribution >= 4 is 5.57 Å². The Morgan fingerprint density at radius 1 is 0.923 bits per heavy atom. The Kier molecular flexibility index (Phi) is 6.67. The summed E-state index contributed by atoms with van der Waals surface area (Å²) in [7, 11) is 0. The zero-order valence-electron chi connectivity index (χ0n) is 19.4. The molecule has 0 N–H and O–H groups in total. The molecule has 0 aromatic heterocycles. The van der Waals surface area contributed by atoms with Gasteiger partial charge in [0.15, 0.2) is 0 Å². The average molecular weight is 557 g/mol. The minimum atomic E-state index is -5.44. The van der Waals surface area contributed by atoms with Crippen molar-refractivity contribution in [3.05, 3.63) is 63.0 Å². The monoisotopic (exact) mass is 557 g/mol. The smallest absolute Gasteiger partial charge is 0.248 e. The van der Waals surface area contributed by atoms with E-state index in [-0.39, 0.29) is 11.1 Å². The van der Waals surface area contributed by atoms with Crippen LogP contribution in [0.5, 0.6) is 0 Å². The molecule has 0 aliphatic heterocycles. The fourth-order valence-corrected chi connectivity index (χ4v) is 5.57. The van der Waals surface area contributed by atoms with Crippen molar-refractivity contribution in [1.29, 1.82) is 15.8 Å². The lowest BCUT2D eigenvalue weighted by atomic mass is 9.63. The van der Waals surface area contributed by atoms with Crippen molar-refractivity contribution in [3.8, 4) is 29.3 Å². The van der Waals surface area contributed by atoms with E-state index in [1.165, 1.54) is 12.1 Å². The molecule has 0 fully saturated rings. The van der Waals surface area contributed by atoms with E-state index in [9.17, 15) is 50.9 Å². The summed E-state index contributed by atoms with van der Waals surface area (Å²) in [4.78, 5) is 0. The van der Waals surface area contributed by atoms with Crippen molar-refractivity contribution in [2.24, 2.45) is 11.8 Å². The van der Waals surface area contributed by atoms with Crippen LogP contribution in [0.25, 0.3) is 16.7 Å². The van der Waals surface area contributed by atoms with Crippen LogP contribution < -0.4 is 0 Å². The highest BCUT2D eigenvalue weighted by molar-refractivity contribution is 5.92. The second-order valence-corrected chi connectivity index (χ2v) is 9.05. The fraction of sp³-hybridized carbons (Fsp3) is 0.346. The van der Waals surface area contributed by atoms with E-state index in [1.807, 2.05) is 0 Å². The van der Waals surface area contributed by atoms with E-state index in [0.717, 1.165) is 0 Å². The number of fused-ring (bicyclic) bond motifs is 3. The van der Waals surface area contributed by atoms with Crippen molar-refractivity contribution in [1.82, 2.24) is 0 Å². The van der Waals surface area contributed by atoms with Gasteiger partial charge in [0.2, 0.25) is 0 Å². The summed E-state index contributed by atoms with van der Waals surface area (Å²) in [6, 6.07) is 5.96. The van der Waals surface area contributed by atoms with Gasteiger partial charge in [0, 0.05) is 17.4 Å². The third-order valence-corrected chi connectivity index (χ3v) is 6.96. The number of rotatable bonds is 3. The van der Waals surface area contributed by atoms with Crippen LogP contribution in [0.2, 0.25) is 0 Å². The molecular formula is C26H13F10N3. The fourth-order valence-electron chi connectivity index (χ4n) is 5.57. The molecule has 3 nitrogen and oxygen atoms in total. The maximum atomic E-state index is 15.4. The third-order valence-electron chi connectivity index (χ3n) is 6.96. The molecule has 2 aliphatic carbocycles. The summed E-state index contributed by atoms with van der Waals surface area (Å²) in [6.45, 7) is -1.37. The van der Waals surface area contributed by atoms with Crippen LogP contribution in [0.15, 0.2) is 24.0 Å². The first-order valence-electron chi connectivity index (χ1n) is 11.1. The summed E-state index contributed by atoms with van der Waals surface area (Å²) in [5.74, 6) is -8.08. The average Bonchev–Trinajstić information content (AvgIpc) is 3.18. The van der Waals surface area contributed by atoms with Crippen LogP contribution in [0, 0.1) is 45.8 Å². The number of alkyl halides is 9. The van der Waals surface area contributed by atoms with E-state index in [2.05, 4.69) is 0 Å². The predicted molar refractivity (Wildman–Crippen MR) is 115 cm³/mol. The molecule has 0 radical (unpaired) electrons. The molecule has 0 bridgehead atoms. The molecule has 5 unspecified atom stereocenters. The van der Waals surface area contributed by atoms with Crippen LogP contribution in [0.4, 0.5) is 43.9 Å². The maximum Gasteiger partial charge on any atom is 0.418 e. The van der Waals surface area contributed by atoms with Crippen LogP contribution in [-0.4, -0.2) is 19.0 Å². The van der Waals surface area contributed by atoms with Gasteiger partial charge in [-0.1, -0.05) is 0 Å². The molecule has 5 atom stereocenters. The predicted octanol–water partition coefficient (Wildman–Crippen LogP) is 7.70. The van der Waals surface area contributed by atoms with E-state index in [4.69, 9.17) is 0 Å². The summed E-state index contributed by atoms with van der Waals surface area (Å²) in [5, 5.41) is 28.8. The standard InChI is InChI=1S/C26H13F10N3/c1-9(28)24(30)22-19(17(29)5-27)15(8-39)18-14-4-16(25(31,32)33)10(6-37)2-12(14)13-3-11(7-38)23(26(34,35)36)21(22)20(13)18/h2-4,9,15,17-19H,5H2,1H3/b24-22-. The second kappa shape index (κ2) is 9.30. The zero-order valence-corrected chi connectivity index (χ0v) is 19.4. The Bertz CT molecular complexity index is 1530. The van der Waals surface area contributed by atoms with Crippen molar-refractivity contribution in [2.45, 2.75) is 37.5 Å². The van der Waals surface area contributed by atoms with Gasteiger partial charge in [-0.05, 0) is 52.9 Å². The van der Waals surface area contributed by atoms with E-state index >= 15 is 8.78 Å². The van der Waals surface area contributed by atoms with Crippen LogP contribution in [0.3, 0.4) is 0 Å². The Balaban J connectivity index is 2.31. The topological polar surface area (TPSA) is 71.4 Å². The molecule has 0 spiro atoms. The van der Waals surface area contributed by atoms with E-state index < -0.39 is 99.5 Å². The number of benzene rings is 2. The number of nitrogens with zero attached hydrogens (tertiary/aromatic N) is 3. The minimum Gasteiger partial charge on any atom is -0.248 e. The van der Waals surface area contributed by atoms with Gasteiger partial charge in [0.1, 0.15) is 24.8 Å². The zero-order chi connectivity index (χ0) is 29.2. The highest BCUT2D eigenvalue weighted by Gasteiger charge is 2.54. The van der Waals surface area contributed by atoms with Crippen LogP contribution in [-0.2, 0) is 12.4 Å². The van der Waals surface area contributed by atoms with Crippen LogP contribution in [0.1, 0.15) is 51.8 Å². The Morgan fingerprint density at radius 2 is 1.51 bits per heavy atom. The van der Waals surface area contributed by atoms with Gasteiger partial charge in [-0.15, -0.1) is 0 Å². The highest BCUT2D eigenvalue weighted by Crippen LogP contribution is 2.62. The molecule has 2 aliphatic rings. The lowest BCUT2D eigenvalue weighted by molar-refractivity contribution is -0.138. The van der Waals surface area contributed by atoms with E-state index in [1.54, 1.807) is 6.07 Å². The number of nitriles is 3. The molecule has 2 aromatic rings. The lowest BCUT2D eigenvalue weighted by Crippen LogP contribution is -2.37. The number of halogens is 10. The number of hydrogen-bond acceptors (Lipinski definition) is 3. The minimum absolute atomic E-state index is 0.282. The second-order valence-electron chi connectivity index (χ2n) is 9.05. The van der Waals surface area contributed by atoms with Gasteiger partial charge in [-0.2, -0.15) is 42.1 Å².